The first-order chi connectivity index (χ1) is 9.79. The molecule has 1 fully saturated rings. The van der Waals surface area contributed by atoms with Crippen LogP contribution in [0, 0.1) is 13.8 Å². The van der Waals surface area contributed by atoms with E-state index in [-0.39, 0.29) is 5.54 Å². The van der Waals surface area contributed by atoms with Gasteiger partial charge in [0, 0.05) is 17.6 Å². The number of hydrogen-bond donors (Lipinski definition) is 2. The highest BCUT2D eigenvalue weighted by molar-refractivity contribution is 7.89. The van der Waals surface area contributed by atoms with Crippen LogP contribution >= 0.6 is 0 Å². The van der Waals surface area contributed by atoms with Crippen molar-refractivity contribution in [3.63, 3.8) is 0 Å². The monoisotopic (exact) mass is 314 g/mol. The van der Waals surface area contributed by atoms with Crippen molar-refractivity contribution >= 4 is 10.0 Å². The number of sulfonamides is 1. The molecule has 0 aromatic carbocycles. The number of hydrogen-bond acceptors (Lipinski definition) is 4. The zero-order valence-corrected chi connectivity index (χ0v) is 14.2. The Kier molecular flexibility index (Phi) is 4.80. The molecule has 0 radical (unpaired) electrons. The van der Waals surface area contributed by atoms with Crippen LogP contribution in [0.15, 0.2) is 9.31 Å². The summed E-state index contributed by atoms with van der Waals surface area (Å²) in [5.74, 6) is 1.14. The van der Waals surface area contributed by atoms with Gasteiger partial charge in [-0.3, -0.25) is 0 Å². The molecule has 1 aliphatic rings. The van der Waals surface area contributed by atoms with Crippen molar-refractivity contribution in [3.8, 4) is 0 Å². The molecule has 5 nitrogen and oxygen atoms in total. The molecule has 2 N–H and O–H groups in total. The summed E-state index contributed by atoms with van der Waals surface area (Å²) in [6, 6.07) is 0. The minimum absolute atomic E-state index is 0.314. The quantitative estimate of drug-likeness (QED) is 0.846. The van der Waals surface area contributed by atoms with Crippen LogP contribution in [0.25, 0.3) is 0 Å². The maximum Gasteiger partial charge on any atom is 0.244 e. The van der Waals surface area contributed by atoms with Crippen LogP contribution in [0.4, 0.5) is 0 Å². The third kappa shape index (κ3) is 3.49. The van der Waals surface area contributed by atoms with Crippen molar-refractivity contribution in [2.75, 3.05) is 6.54 Å². The van der Waals surface area contributed by atoms with E-state index in [4.69, 9.17) is 4.42 Å². The van der Waals surface area contributed by atoms with E-state index in [0.29, 0.717) is 23.0 Å². The largest absolute Gasteiger partial charge is 0.465 e. The Morgan fingerprint density at radius 3 is 2.38 bits per heavy atom. The van der Waals surface area contributed by atoms with Crippen molar-refractivity contribution in [2.45, 2.75) is 70.4 Å². The van der Waals surface area contributed by atoms with Crippen LogP contribution in [0.3, 0.4) is 0 Å². The van der Waals surface area contributed by atoms with Crippen LogP contribution in [0.5, 0.6) is 0 Å². The van der Waals surface area contributed by atoms with Gasteiger partial charge in [-0.15, -0.1) is 0 Å². The van der Waals surface area contributed by atoms with E-state index in [1.54, 1.807) is 6.92 Å². The first kappa shape index (κ1) is 16.5. The van der Waals surface area contributed by atoms with Crippen molar-refractivity contribution in [1.82, 2.24) is 10.0 Å². The van der Waals surface area contributed by atoms with Gasteiger partial charge in [-0.05, 0) is 40.2 Å². The Morgan fingerprint density at radius 2 is 1.81 bits per heavy atom. The van der Waals surface area contributed by atoms with Crippen molar-refractivity contribution in [3.05, 3.63) is 17.1 Å². The Hall–Kier alpha value is -0.850. The standard InChI is InChI=1S/C15H26N2O3S/c1-5-16-10-13-11(2)20-12(3)14(13)21(18,19)17-15(4)8-6-7-9-15/h16-17H,5-10H2,1-4H3. The molecule has 0 aliphatic heterocycles. The fourth-order valence-corrected chi connectivity index (χ4v) is 5.06. The molecule has 2 rings (SSSR count). The average molecular weight is 314 g/mol. The number of furan rings is 1. The van der Waals surface area contributed by atoms with Gasteiger partial charge in [0.15, 0.2) is 0 Å². The molecular weight excluding hydrogens is 288 g/mol. The lowest BCUT2D eigenvalue weighted by Crippen LogP contribution is -2.43. The molecule has 21 heavy (non-hydrogen) atoms. The van der Waals surface area contributed by atoms with Crippen molar-refractivity contribution in [2.24, 2.45) is 0 Å². The van der Waals surface area contributed by atoms with E-state index < -0.39 is 10.0 Å². The molecule has 0 bridgehead atoms. The minimum Gasteiger partial charge on any atom is -0.465 e. The Morgan fingerprint density at radius 1 is 1.19 bits per heavy atom. The Bertz CT molecular complexity index is 599. The van der Waals surface area contributed by atoms with Gasteiger partial charge < -0.3 is 9.73 Å². The molecule has 6 heteroatoms. The van der Waals surface area contributed by atoms with Gasteiger partial charge in [-0.25, -0.2) is 13.1 Å². The average Bonchev–Trinajstić information content (AvgIpc) is 2.90. The second kappa shape index (κ2) is 6.10. The minimum atomic E-state index is -3.56. The highest BCUT2D eigenvalue weighted by Gasteiger charge is 2.36. The number of aryl methyl sites for hydroxylation is 2. The smallest absolute Gasteiger partial charge is 0.244 e. The lowest BCUT2D eigenvalue weighted by molar-refractivity contribution is 0.426. The van der Waals surface area contributed by atoms with Gasteiger partial charge in [-0.2, -0.15) is 0 Å². The van der Waals surface area contributed by atoms with Crippen LogP contribution in [0.2, 0.25) is 0 Å². The van der Waals surface area contributed by atoms with Crippen LogP contribution in [0.1, 0.15) is 56.6 Å². The summed E-state index contributed by atoms with van der Waals surface area (Å²) in [6.45, 7) is 8.81. The van der Waals surface area contributed by atoms with E-state index in [0.717, 1.165) is 37.8 Å². The highest BCUT2D eigenvalue weighted by Crippen LogP contribution is 2.33. The molecule has 120 valence electrons. The predicted molar refractivity (Wildman–Crippen MR) is 82.8 cm³/mol. The van der Waals surface area contributed by atoms with Crippen LogP contribution in [-0.4, -0.2) is 20.5 Å². The summed E-state index contributed by atoms with van der Waals surface area (Å²) in [5.41, 5.74) is 0.412. The highest BCUT2D eigenvalue weighted by atomic mass is 32.2. The molecule has 0 spiro atoms. The normalized spacial score (nSPS) is 18.3. The topological polar surface area (TPSA) is 71.3 Å². The summed E-state index contributed by atoms with van der Waals surface area (Å²) in [7, 11) is -3.56. The molecule has 1 aromatic rings. The van der Waals surface area contributed by atoms with E-state index >= 15 is 0 Å². The lowest BCUT2D eigenvalue weighted by Gasteiger charge is -2.25. The molecule has 1 saturated carbocycles. The first-order valence-electron chi connectivity index (χ1n) is 7.62. The molecule has 1 heterocycles. The maximum absolute atomic E-state index is 12.8. The maximum atomic E-state index is 12.8. The van der Waals surface area contributed by atoms with Gasteiger partial charge >= 0.3 is 0 Å². The zero-order chi connectivity index (χ0) is 15.7. The fraction of sp³-hybridized carbons (Fsp3) is 0.733. The van der Waals surface area contributed by atoms with Gasteiger partial charge in [0.2, 0.25) is 10.0 Å². The van der Waals surface area contributed by atoms with Gasteiger partial charge in [0.1, 0.15) is 16.4 Å². The first-order valence-corrected chi connectivity index (χ1v) is 9.11. The van der Waals surface area contributed by atoms with E-state index in [9.17, 15) is 8.42 Å². The van der Waals surface area contributed by atoms with Gasteiger partial charge in [0.25, 0.3) is 0 Å². The molecule has 0 atom stereocenters. The SMILES string of the molecule is CCNCc1c(C)oc(C)c1S(=O)(=O)NC1(C)CCCC1. The molecule has 0 unspecified atom stereocenters. The second-order valence-corrected chi connectivity index (χ2v) is 7.79. The number of rotatable bonds is 6. The summed E-state index contributed by atoms with van der Waals surface area (Å²) < 4.78 is 34.1. The Labute approximate surface area is 127 Å². The number of nitrogens with one attached hydrogen (secondary N) is 2. The zero-order valence-electron chi connectivity index (χ0n) is 13.4. The van der Waals surface area contributed by atoms with Gasteiger partial charge in [-0.1, -0.05) is 19.8 Å². The van der Waals surface area contributed by atoms with Crippen LogP contribution < -0.4 is 10.0 Å². The summed E-state index contributed by atoms with van der Waals surface area (Å²) in [4.78, 5) is 0.314. The summed E-state index contributed by atoms with van der Waals surface area (Å²) in [6.07, 6.45) is 3.94. The van der Waals surface area contributed by atoms with Crippen molar-refractivity contribution in [1.29, 1.82) is 0 Å². The molecule has 1 aliphatic carbocycles. The predicted octanol–water partition coefficient (Wildman–Crippen LogP) is 2.62. The van der Waals surface area contributed by atoms with Crippen LogP contribution in [-0.2, 0) is 16.6 Å². The second-order valence-electron chi connectivity index (χ2n) is 6.18. The van der Waals surface area contributed by atoms with Crippen molar-refractivity contribution < 1.29 is 12.8 Å². The summed E-state index contributed by atoms with van der Waals surface area (Å²) >= 11 is 0. The third-order valence-corrected chi connectivity index (χ3v) is 6.07. The molecule has 0 saturated heterocycles. The van der Waals surface area contributed by atoms with E-state index in [1.165, 1.54) is 0 Å². The van der Waals surface area contributed by atoms with E-state index in [1.807, 2.05) is 20.8 Å². The molecule has 0 amide bonds. The lowest BCUT2D eigenvalue weighted by atomic mass is 10.0. The fourth-order valence-electron chi connectivity index (χ4n) is 3.15. The molecular formula is C15H26N2O3S. The Balaban J connectivity index is 2.35. The van der Waals surface area contributed by atoms with E-state index in [2.05, 4.69) is 10.0 Å². The third-order valence-electron chi connectivity index (χ3n) is 4.23. The molecule has 1 aromatic heterocycles. The van der Waals surface area contributed by atoms with Gasteiger partial charge in [0.05, 0.1) is 0 Å². The summed E-state index contributed by atoms with van der Waals surface area (Å²) in [5, 5.41) is 3.18.